The van der Waals surface area contributed by atoms with E-state index < -0.39 is 0 Å². The maximum Gasteiger partial charge on any atom is 0.269 e. The summed E-state index contributed by atoms with van der Waals surface area (Å²) in [4.78, 5) is 14.7. The molecule has 2 aromatic heterocycles. The second-order valence-corrected chi connectivity index (χ2v) is 6.54. The molecule has 0 radical (unpaired) electrons. The summed E-state index contributed by atoms with van der Waals surface area (Å²) >= 11 is 0. The second kappa shape index (κ2) is 7.79. The van der Waals surface area contributed by atoms with E-state index in [1.165, 1.54) is 0 Å². The number of aryl methyl sites for hydroxylation is 2. The zero-order valence-electron chi connectivity index (χ0n) is 15.2. The average Bonchev–Trinajstić information content (AvgIpc) is 3.17. The number of amides is 1. The van der Waals surface area contributed by atoms with Gasteiger partial charge in [-0.2, -0.15) is 10.2 Å². The standard InChI is InChI=1S/C17H27N7O/c1-12-16(13(2)23(3)22-12)14-11-15(21-20-14)17(25)19-5-4-8-24-9-6-18-7-10-24/h11,18H,4-10H2,1-3H3,(H,19,25)(H,20,21). The molecule has 1 aliphatic heterocycles. The molecule has 0 spiro atoms. The predicted molar refractivity (Wildman–Crippen MR) is 96.5 cm³/mol. The molecule has 0 unspecified atom stereocenters. The molecular formula is C17H27N7O. The summed E-state index contributed by atoms with van der Waals surface area (Å²) in [5.74, 6) is -0.113. The minimum absolute atomic E-state index is 0.113. The highest BCUT2D eigenvalue weighted by molar-refractivity contribution is 5.93. The minimum Gasteiger partial charge on any atom is -0.351 e. The Morgan fingerprint density at radius 3 is 2.76 bits per heavy atom. The van der Waals surface area contributed by atoms with Crippen molar-refractivity contribution in [1.29, 1.82) is 0 Å². The van der Waals surface area contributed by atoms with E-state index in [1.807, 2.05) is 25.6 Å². The van der Waals surface area contributed by atoms with Crippen molar-refractivity contribution < 1.29 is 4.79 Å². The van der Waals surface area contributed by atoms with Gasteiger partial charge in [-0.15, -0.1) is 0 Å². The molecule has 1 saturated heterocycles. The van der Waals surface area contributed by atoms with Crippen LogP contribution in [-0.2, 0) is 7.05 Å². The Kier molecular flexibility index (Phi) is 5.50. The van der Waals surface area contributed by atoms with Gasteiger partial charge in [0.2, 0.25) is 0 Å². The third-order valence-electron chi connectivity index (χ3n) is 4.73. The summed E-state index contributed by atoms with van der Waals surface area (Å²) in [7, 11) is 1.91. The van der Waals surface area contributed by atoms with Crippen molar-refractivity contribution in [2.45, 2.75) is 20.3 Å². The Balaban J connectivity index is 1.52. The Hall–Kier alpha value is -2.19. The molecule has 0 bridgehead atoms. The molecule has 8 heteroatoms. The van der Waals surface area contributed by atoms with E-state index in [-0.39, 0.29) is 5.91 Å². The maximum absolute atomic E-state index is 12.3. The van der Waals surface area contributed by atoms with Crippen LogP contribution in [0.4, 0.5) is 0 Å². The summed E-state index contributed by atoms with van der Waals surface area (Å²) in [6.07, 6.45) is 0.952. The maximum atomic E-state index is 12.3. The van der Waals surface area contributed by atoms with E-state index in [1.54, 1.807) is 6.07 Å². The molecule has 3 N–H and O–H groups in total. The zero-order valence-corrected chi connectivity index (χ0v) is 15.2. The van der Waals surface area contributed by atoms with E-state index in [9.17, 15) is 4.79 Å². The predicted octanol–water partition coefficient (Wildman–Crippen LogP) is 0.452. The van der Waals surface area contributed by atoms with Gasteiger partial charge in [-0.25, -0.2) is 0 Å². The first-order chi connectivity index (χ1) is 12.1. The highest BCUT2D eigenvalue weighted by Crippen LogP contribution is 2.25. The fourth-order valence-corrected chi connectivity index (χ4v) is 3.24. The lowest BCUT2D eigenvalue weighted by atomic mass is 10.1. The Morgan fingerprint density at radius 1 is 1.32 bits per heavy atom. The Morgan fingerprint density at radius 2 is 2.08 bits per heavy atom. The monoisotopic (exact) mass is 345 g/mol. The van der Waals surface area contributed by atoms with Crippen molar-refractivity contribution in [3.63, 3.8) is 0 Å². The van der Waals surface area contributed by atoms with Crippen LogP contribution in [0.1, 0.15) is 28.3 Å². The number of carbonyl (C=O) groups is 1. The molecule has 3 rings (SSSR count). The van der Waals surface area contributed by atoms with Crippen LogP contribution in [-0.4, -0.2) is 70.1 Å². The number of hydrogen-bond donors (Lipinski definition) is 3. The van der Waals surface area contributed by atoms with Gasteiger partial charge < -0.3 is 15.5 Å². The van der Waals surface area contributed by atoms with Crippen LogP contribution in [0.25, 0.3) is 11.3 Å². The molecule has 3 heterocycles. The number of carbonyl (C=O) groups excluding carboxylic acids is 1. The summed E-state index contributed by atoms with van der Waals surface area (Å²) in [6.45, 7) is 9.91. The van der Waals surface area contributed by atoms with Gasteiger partial charge in [0, 0.05) is 51.0 Å². The van der Waals surface area contributed by atoms with E-state index in [0.717, 1.165) is 61.8 Å². The average molecular weight is 345 g/mol. The molecule has 0 aromatic carbocycles. The smallest absolute Gasteiger partial charge is 0.269 e. The Bertz CT molecular complexity index is 727. The molecule has 0 atom stereocenters. The highest BCUT2D eigenvalue weighted by atomic mass is 16.1. The normalized spacial score (nSPS) is 15.5. The van der Waals surface area contributed by atoms with Crippen LogP contribution in [0.2, 0.25) is 0 Å². The molecule has 136 valence electrons. The summed E-state index contributed by atoms with van der Waals surface area (Å²) in [5, 5.41) is 17.8. The van der Waals surface area contributed by atoms with E-state index >= 15 is 0 Å². The summed E-state index contributed by atoms with van der Waals surface area (Å²) < 4.78 is 1.83. The van der Waals surface area contributed by atoms with E-state index in [2.05, 4.69) is 30.8 Å². The van der Waals surface area contributed by atoms with Crippen LogP contribution in [0, 0.1) is 13.8 Å². The fourth-order valence-electron chi connectivity index (χ4n) is 3.24. The molecular weight excluding hydrogens is 318 g/mol. The topological polar surface area (TPSA) is 90.9 Å². The van der Waals surface area contributed by atoms with Gasteiger partial charge in [-0.05, 0) is 32.9 Å². The van der Waals surface area contributed by atoms with Gasteiger partial charge >= 0.3 is 0 Å². The van der Waals surface area contributed by atoms with Crippen molar-refractivity contribution >= 4 is 5.91 Å². The lowest BCUT2D eigenvalue weighted by Gasteiger charge is -2.26. The minimum atomic E-state index is -0.113. The molecule has 25 heavy (non-hydrogen) atoms. The first-order valence-electron chi connectivity index (χ1n) is 8.83. The largest absolute Gasteiger partial charge is 0.351 e. The number of hydrogen-bond acceptors (Lipinski definition) is 5. The number of aromatic amines is 1. The number of nitrogens with one attached hydrogen (secondary N) is 3. The van der Waals surface area contributed by atoms with Crippen LogP contribution in [0.15, 0.2) is 6.07 Å². The molecule has 0 aliphatic carbocycles. The molecule has 2 aromatic rings. The first-order valence-corrected chi connectivity index (χ1v) is 8.83. The van der Waals surface area contributed by atoms with Crippen LogP contribution >= 0.6 is 0 Å². The van der Waals surface area contributed by atoms with Gasteiger partial charge in [-0.3, -0.25) is 14.6 Å². The zero-order chi connectivity index (χ0) is 17.8. The molecule has 1 amide bonds. The number of nitrogens with zero attached hydrogens (tertiary/aromatic N) is 4. The first kappa shape index (κ1) is 17.6. The number of H-pyrrole nitrogens is 1. The van der Waals surface area contributed by atoms with Gasteiger partial charge in [0.05, 0.1) is 11.4 Å². The summed E-state index contributed by atoms with van der Waals surface area (Å²) in [5.41, 5.74) is 4.17. The van der Waals surface area contributed by atoms with Gasteiger partial charge in [0.15, 0.2) is 0 Å². The van der Waals surface area contributed by atoms with Crippen LogP contribution < -0.4 is 10.6 Å². The SMILES string of the molecule is Cc1nn(C)c(C)c1-c1cc(C(=O)NCCCN2CCNCC2)[nH]n1. The highest BCUT2D eigenvalue weighted by Gasteiger charge is 2.17. The third kappa shape index (κ3) is 4.08. The lowest BCUT2D eigenvalue weighted by molar-refractivity contribution is 0.0946. The number of rotatable bonds is 6. The van der Waals surface area contributed by atoms with E-state index in [0.29, 0.717) is 12.2 Å². The van der Waals surface area contributed by atoms with Crippen molar-refractivity contribution in [3.05, 3.63) is 23.1 Å². The molecule has 1 fully saturated rings. The van der Waals surface area contributed by atoms with Crippen LogP contribution in [0.5, 0.6) is 0 Å². The van der Waals surface area contributed by atoms with Crippen LogP contribution in [0.3, 0.4) is 0 Å². The molecule has 8 nitrogen and oxygen atoms in total. The van der Waals surface area contributed by atoms with Gasteiger partial charge in [0.1, 0.15) is 5.69 Å². The Labute approximate surface area is 148 Å². The van der Waals surface area contributed by atoms with E-state index in [4.69, 9.17) is 0 Å². The lowest BCUT2D eigenvalue weighted by Crippen LogP contribution is -2.44. The van der Waals surface area contributed by atoms with Crippen molar-refractivity contribution in [3.8, 4) is 11.3 Å². The van der Waals surface area contributed by atoms with Crippen molar-refractivity contribution in [2.24, 2.45) is 7.05 Å². The quantitative estimate of drug-likeness (QED) is 0.662. The second-order valence-electron chi connectivity index (χ2n) is 6.54. The molecule has 0 saturated carbocycles. The van der Waals surface area contributed by atoms with Gasteiger partial charge in [-0.1, -0.05) is 0 Å². The van der Waals surface area contributed by atoms with Crippen molar-refractivity contribution in [2.75, 3.05) is 39.3 Å². The third-order valence-corrected chi connectivity index (χ3v) is 4.73. The van der Waals surface area contributed by atoms with Crippen molar-refractivity contribution in [1.82, 2.24) is 35.5 Å². The summed E-state index contributed by atoms with van der Waals surface area (Å²) in [6, 6.07) is 1.79. The number of piperazine rings is 1. The van der Waals surface area contributed by atoms with Gasteiger partial charge in [0.25, 0.3) is 5.91 Å². The fraction of sp³-hybridized carbons (Fsp3) is 0.588. The molecule has 1 aliphatic rings. The number of aromatic nitrogens is 4.